The van der Waals surface area contributed by atoms with Crippen molar-refractivity contribution < 1.29 is 23.8 Å². The molecule has 0 saturated carbocycles. The molecule has 29 heavy (non-hydrogen) atoms. The number of methoxy groups -OCH3 is 1. The van der Waals surface area contributed by atoms with Gasteiger partial charge in [0, 0.05) is 31.5 Å². The highest BCUT2D eigenvalue weighted by Gasteiger charge is 2.25. The maximum Gasteiger partial charge on any atom is 0.340 e. The highest BCUT2D eigenvalue weighted by Crippen LogP contribution is 2.36. The smallest absolute Gasteiger partial charge is 0.340 e. The number of para-hydroxylation sites is 1. The minimum absolute atomic E-state index is 0.261. The zero-order valence-corrected chi connectivity index (χ0v) is 18.3. The summed E-state index contributed by atoms with van der Waals surface area (Å²) in [6.45, 7) is 3.36. The van der Waals surface area contributed by atoms with Gasteiger partial charge in [0.15, 0.2) is 0 Å². The fraction of sp³-hybridized carbons (Fsp3) is 0.273. The fourth-order valence-electron chi connectivity index (χ4n) is 3.39. The lowest BCUT2D eigenvalue weighted by Gasteiger charge is -2.11. The van der Waals surface area contributed by atoms with Crippen LogP contribution in [0, 0.1) is 0 Å². The number of rotatable bonds is 6. The summed E-state index contributed by atoms with van der Waals surface area (Å²) in [5, 5.41) is 0.662. The molecular formula is C22H22BrNO5. The molecule has 0 aliphatic rings. The molecule has 152 valence electrons. The Morgan fingerprint density at radius 1 is 1.14 bits per heavy atom. The molecule has 0 aliphatic carbocycles. The van der Waals surface area contributed by atoms with Gasteiger partial charge < -0.3 is 18.8 Å². The Hall–Kier alpha value is -2.80. The van der Waals surface area contributed by atoms with Crippen LogP contribution in [0.15, 0.2) is 40.9 Å². The number of carbonyl (C=O) groups excluding carboxylic acids is 2. The van der Waals surface area contributed by atoms with Gasteiger partial charge in [-0.25, -0.2) is 4.79 Å². The number of carbonyl (C=O) groups is 2. The number of fused-ring (bicyclic) bond motifs is 1. The average molecular weight is 460 g/mol. The molecule has 0 radical (unpaired) electrons. The molecule has 0 unspecified atom stereocenters. The molecular weight excluding hydrogens is 438 g/mol. The number of hydrogen-bond donors (Lipinski definition) is 0. The molecule has 1 heterocycles. The molecule has 2 aromatic carbocycles. The first-order valence-corrected chi connectivity index (χ1v) is 9.94. The minimum Gasteiger partial charge on any atom is -0.496 e. The fourth-order valence-corrected chi connectivity index (χ4v) is 3.80. The summed E-state index contributed by atoms with van der Waals surface area (Å²) >= 11 is 3.44. The zero-order chi connectivity index (χ0) is 21.1. The van der Waals surface area contributed by atoms with Gasteiger partial charge in [0.05, 0.1) is 29.3 Å². The van der Waals surface area contributed by atoms with Crippen molar-refractivity contribution in [2.45, 2.75) is 20.3 Å². The number of ether oxygens (including phenoxy) is 3. The topological polar surface area (TPSA) is 66.8 Å². The second-order valence-electron chi connectivity index (χ2n) is 6.48. The third kappa shape index (κ3) is 4.15. The third-order valence-corrected chi connectivity index (χ3v) is 5.28. The molecule has 0 spiro atoms. The van der Waals surface area contributed by atoms with E-state index in [0.29, 0.717) is 27.6 Å². The number of aryl methyl sites for hydroxylation is 1. The lowest BCUT2D eigenvalue weighted by atomic mass is 10.0. The van der Waals surface area contributed by atoms with E-state index < -0.39 is 11.9 Å². The van der Waals surface area contributed by atoms with Crippen molar-refractivity contribution in [1.29, 1.82) is 0 Å². The van der Waals surface area contributed by atoms with Gasteiger partial charge in [-0.05, 0) is 46.6 Å². The van der Waals surface area contributed by atoms with Crippen molar-refractivity contribution in [1.82, 2.24) is 4.57 Å². The van der Waals surface area contributed by atoms with Crippen molar-refractivity contribution in [2.75, 3.05) is 13.7 Å². The minimum atomic E-state index is -0.437. The Balaban J connectivity index is 2.24. The van der Waals surface area contributed by atoms with Crippen molar-refractivity contribution >= 4 is 38.8 Å². The highest BCUT2D eigenvalue weighted by molar-refractivity contribution is 9.10. The van der Waals surface area contributed by atoms with Crippen molar-refractivity contribution in [3.05, 3.63) is 57.7 Å². The molecule has 0 saturated heterocycles. The maximum atomic E-state index is 12.9. The number of benzene rings is 2. The molecule has 0 fully saturated rings. The molecule has 6 nitrogen and oxygen atoms in total. The van der Waals surface area contributed by atoms with E-state index in [0.717, 1.165) is 22.5 Å². The number of hydrogen-bond acceptors (Lipinski definition) is 5. The Kier molecular flexibility index (Phi) is 6.27. The van der Waals surface area contributed by atoms with Crippen LogP contribution in [0.3, 0.4) is 0 Å². The Bertz CT molecular complexity index is 1090. The third-order valence-electron chi connectivity index (χ3n) is 4.66. The van der Waals surface area contributed by atoms with Crippen LogP contribution in [0.4, 0.5) is 0 Å². The molecule has 3 aromatic rings. The van der Waals surface area contributed by atoms with E-state index in [1.54, 1.807) is 20.1 Å². The predicted molar refractivity (Wildman–Crippen MR) is 114 cm³/mol. The van der Waals surface area contributed by atoms with Crippen LogP contribution in [0.5, 0.6) is 11.5 Å². The summed E-state index contributed by atoms with van der Waals surface area (Å²) in [4.78, 5) is 24.3. The average Bonchev–Trinajstić information content (AvgIpc) is 2.94. The number of esters is 2. The second kappa shape index (κ2) is 8.69. The van der Waals surface area contributed by atoms with E-state index in [1.807, 2.05) is 41.9 Å². The van der Waals surface area contributed by atoms with Gasteiger partial charge in [-0.2, -0.15) is 0 Å². The SMILES string of the molecule is CCOC(=O)c1c(Cc2ccccc2OC)n(C)c2cc(Br)c(OC(C)=O)cc12. The number of nitrogens with zero attached hydrogens (tertiary/aromatic N) is 1. The van der Waals surface area contributed by atoms with Crippen molar-refractivity contribution in [2.24, 2.45) is 7.05 Å². The standard InChI is InChI=1S/C22H22BrNO5/c1-5-28-22(26)21-15-11-20(29-13(2)25)16(23)12-17(15)24(3)18(21)10-14-8-6-7-9-19(14)27-4/h6-9,11-12H,5,10H2,1-4H3. The molecule has 1 aromatic heterocycles. The lowest BCUT2D eigenvalue weighted by Crippen LogP contribution is -2.10. The van der Waals surface area contributed by atoms with Crippen LogP contribution in [-0.2, 0) is 23.0 Å². The molecule has 3 rings (SSSR count). The van der Waals surface area contributed by atoms with Gasteiger partial charge >= 0.3 is 11.9 Å². The summed E-state index contributed by atoms with van der Waals surface area (Å²) in [5.41, 5.74) is 3.01. The zero-order valence-electron chi connectivity index (χ0n) is 16.7. The van der Waals surface area contributed by atoms with Gasteiger partial charge in [-0.15, -0.1) is 0 Å². The van der Waals surface area contributed by atoms with Gasteiger partial charge in [0.25, 0.3) is 0 Å². The summed E-state index contributed by atoms with van der Waals surface area (Å²) in [7, 11) is 3.52. The Labute approximate surface area is 177 Å². The summed E-state index contributed by atoms with van der Waals surface area (Å²) in [5.74, 6) is 0.242. The van der Waals surface area contributed by atoms with Crippen LogP contribution >= 0.6 is 15.9 Å². The summed E-state index contributed by atoms with van der Waals surface area (Å²) in [6, 6.07) is 11.2. The Morgan fingerprint density at radius 3 is 2.52 bits per heavy atom. The van der Waals surface area contributed by atoms with E-state index >= 15 is 0 Å². The predicted octanol–water partition coefficient (Wildman–Crippen LogP) is 4.64. The monoisotopic (exact) mass is 459 g/mol. The van der Waals surface area contributed by atoms with E-state index in [9.17, 15) is 9.59 Å². The number of halogens is 1. The first-order valence-electron chi connectivity index (χ1n) is 9.15. The first-order chi connectivity index (χ1) is 13.9. The number of aromatic nitrogens is 1. The molecule has 0 aliphatic heterocycles. The first kappa shape index (κ1) is 20.9. The summed E-state index contributed by atoms with van der Waals surface area (Å²) in [6.07, 6.45) is 0.476. The van der Waals surface area contributed by atoms with Crippen LogP contribution < -0.4 is 9.47 Å². The van der Waals surface area contributed by atoms with E-state index in [2.05, 4.69) is 15.9 Å². The van der Waals surface area contributed by atoms with Gasteiger partial charge in [-0.3, -0.25) is 4.79 Å². The largest absolute Gasteiger partial charge is 0.496 e. The van der Waals surface area contributed by atoms with Crippen molar-refractivity contribution in [3.63, 3.8) is 0 Å². The molecule has 0 N–H and O–H groups in total. The Morgan fingerprint density at radius 2 is 1.86 bits per heavy atom. The lowest BCUT2D eigenvalue weighted by molar-refractivity contribution is -0.131. The van der Waals surface area contributed by atoms with Gasteiger partial charge in [-0.1, -0.05) is 18.2 Å². The molecule has 7 heteroatoms. The van der Waals surface area contributed by atoms with E-state index in [1.165, 1.54) is 6.92 Å². The van der Waals surface area contributed by atoms with Gasteiger partial charge in [0.1, 0.15) is 11.5 Å². The van der Waals surface area contributed by atoms with Crippen LogP contribution in [0.1, 0.15) is 35.5 Å². The van der Waals surface area contributed by atoms with Crippen molar-refractivity contribution in [3.8, 4) is 11.5 Å². The molecule has 0 atom stereocenters. The van der Waals surface area contributed by atoms with E-state index in [4.69, 9.17) is 14.2 Å². The van der Waals surface area contributed by atoms with Crippen LogP contribution in [0.25, 0.3) is 10.9 Å². The maximum absolute atomic E-state index is 12.9. The second-order valence-corrected chi connectivity index (χ2v) is 7.34. The van der Waals surface area contributed by atoms with Crippen LogP contribution in [-0.4, -0.2) is 30.2 Å². The normalized spacial score (nSPS) is 10.8. The van der Waals surface area contributed by atoms with Gasteiger partial charge in [0.2, 0.25) is 0 Å². The molecule has 0 bridgehead atoms. The summed E-state index contributed by atoms with van der Waals surface area (Å²) < 4.78 is 18.7. The molecule has 0 amide bonds. The van der Waals surface area contributed by atoms with Crippen LogP contribution in [0.2, 0.25) is 0 Å². The highest BCUT2D eigenvalue weighted by atomic mass is 79.9. The van der Waals surface area contributed by atoms with E-state index in [-0.39, 0.29) is 6.61 Å². The quantitative estimate of drug-likeness (QED) is 0.396.